The van der Waals surface area contributed by atoms with Crippen molar-refractivity contribution in [1.29, 1.82) is 0 Å². The number of nitrogens with one attached hydrogen (secondary N) is 1. The lowest BCUT2D eigenvalue weighted by atomic mass is 10.0. The molecule has 4 aromatic rings. The largest absolute Gasteiger partial charge is 0.497 e. The van der Waals surface area contributed by atoms with E-state index in [4.69, 9.17) is 14.2 Å². The summed E-state index contributed by atoms with van der Waals surface area (Å²) in [5.41, 5.74) is 4.66. The van der Waals surface area contributed by atoms with Gasteiger partial charge in [-0.25, -0.2) is 4.79 Å². The standard InChI is InChI=1S/C28H27N3O4/c1-33-21-12-10-19(11-13-21)27-25-9-6-16-30(25)24-8-5-4-7-20(24)18-31(27)28(32)29-23-15-14-22(34-2)17-26(23)35-3/h4-17,27H,18H2,1-3H3,(H,29,32)/t27-/m0/s1. The summed E-state index contributed by atoms with van der Waals surface area (Å²) < 4.78 is 18.3. The number of fused-ring (bicyclic) bond motifs is 3. The quantitative estimate of drug-likeness (QED) is 0.411. The van der Waals surface area contributed by atoms with Crippen LogP contribution >= 0.6 is 0 Å². The average molecular weight is 470 g/mol. The molecule has 0 unspecified atom stereocenters. The van der Waals surface area contributed by atoms with Crippen LogP contribution in [0.3, 0.4) is 0 Å². The minimum Gasteiger partial charge on any atom is -0.497 e. The fraction of sp³-hybridized carbons (Fsp3) is 0.179. The predicted molar refractivity (Wildman–Crippen MR) is 135 cm³/mol. The Morgan fingerprint density at radius 3 is 2.34 bits per heavy atom. The number of ether oxygens (including phenoxy) is 3. The Labute approximate surface area is 204 Å². The number of anilines is 1. The van der Waals surface area contributed by atoms with Crippen molar-refractivity contribution in [2.24, 2.45) is 0 Å². The molecule has 0 fully saturated rings. The third-order valence-corrected chi connectivity index (χ3v) is 6.31. The Balaban J connectivity index is 1.60. The van der Waals surface area contributed by atoms with Gasteiger partial charge in [0.15, 0.2) is 0 Å². The summed E-state index contributed by atoms with van der Waals surface area (Å²) in [6.45, 7) is 0.429. The molecule has 0 bridgehead atoms. The topological polar surface area (TPSA) is 65.0 Å². The predicted octanol–water partition coefficient (Wildman–Crippen LogP) is 5.64. The van der Waals surface area contributed by atoms with Crippen molar-refractivity contribution in [3.05, 3.63) is 102 Å². The zero-order valence-corrected chi connectivity index (χ0v) is 19.9. The highest BCUT2D eigenvalue weighted by molar-refractivity contribution is 5.92. The van der Waals surface area contributed by atoms with Crippen LogP contribution in [0.2, 0.25) is 0 Å². The highest BCUT2D eigenvalue weighted by Gasteiger charge is 2.33. The first kappa shape index (κ1) is 22.4. The second-order valence-electron chi connectivity index (χ2n) is 8.23. The number of hydrogen-bond donors (Lipinski definition) is 1. The van der Waals surface area contributed by atoms with Gasteiger partial charge in [0.25, 0.3) is 0 Å². The van der Waals surface area contributed by atoms with Gasteiger partial charge in [-0.3, -0.25) is 0 Å². The fourth-order valence-corrected chi connectivity index (χ4v) is 4.57. The number of rotatable bonds is 5. The van der Waals surface area contributed by atoms with Gasteiger partial charge >= 0.3 is 6.03 Å². The molecule has 1 aliphatic heterocycles. The molecular weight excluding hydrogens is 442 g/mol. The van der Waals surface area contributed by atoms with Crippen LogP contribution in [0.1, 0.15) is 22.9 Å². The molecule has 178 valence electrons. The SMILES string of the molecule is COc1ccc([C@H]2c3cccn3-c3ccccc3CN2C(=O)Nc2ccc(OC)cc2OC)cc1. The third kappa shape index (κ3) is 4.17. The molecule has 0 saturated heterocycles. The highest BCUT2D eigenvalue weighted by atomic mass is 16.5. The van der Waals surface area contributed by atoms with E-state index in [2.05, 4.69) is 28.1 Å². The van der Waals surface area contributed by atoms with Gasteiger partial charge in [0.05, 0.1) is 45.3 Å². The Hall–Kier alpha value is -4.39. The van der Waals surface area contributed by atoms with Gasteiger partial charge in [-0.15, -0.1) is 0 Å². The first-order valence-electron chi connectivity index (χ1n) is 11.3. The number of methoxy groups -OCH3 is 3. The van der Waals surface area contributed by atoms with Crippen molar-refractivity contribution in [1.82, 2.24) is 9.47 Å². The number of benzene rings is 3. The van der Waals surface area contributed by atoms with E-state index >= 15 is 0 Å². The summed E-state index contributed by atoms with van der Waals surface area (Å²) in [7, 11) is 4.81. The lowest BCUT2D eigenvalue weighted by Gasteiger charge is -2.31. The van der Waals surface area contributed by atoms with Crippen LogP contribution in [0.4, 0.5) is 10.5 Å². The summed E-state index contributed by atoms with van der Waals surface area (Å²) in [4.78, 5) is 15.7. The lowest BCUT2D eigenvalue weighted by Crippen LogP contribution is -2.38. The van der Waals surface area contributed by atoms with Crippen LogP contribution < -0.4 is 19.5 Å². The molecule has 1 aromatic heterocycles. The van der Waals surface area contributed by atoms with Crippen molar-refractivity contribution in [3.8, 4) is 22.9 Å². The minimum absolute atomic E-state index is 0.237. The van der Waals surface area contributed by atoms with E-state index in [9.17, 15) is 4.79 Å². The molecular formula is C28H27N3O4. The molecule has 7 heteroatoms. The number of carbonyl (C=O) groups is 1. The maximum absolute atomic E-state index is 13.9. The number of carbonyl (C=O) groups excluding carboxylic acids is 1. The maximum Gasteiger partial charge on any atom is 0.323 e. The zero-order chi connectivity index (χ0) is 24.4. The summed E-state index contributed by atoms with van der Waals surface area (Å²) in [6.07, 6.45) is 2.04. The molecule has 0 aliphatic carbocycles. The van der Waals surface area contributed by atoms with E-state index in [1.807, 2.05) is 53.6 Å². The number of nitrogens with zero attached hydrogens (tertiary/aromatic N) is 2. The van der Waals surface area contributed by atoms with Crippen molar-refractivity contribution in [2.75, 3.05) is 26.6 Å². The van der Waals surface area contributed by atoms with Crippen LogP contribution in [0.15, 0.2) is 85.1 Å². The molecule has 1 aliphatic rings. The molecule has 0 saturated carbocycles. The van der Waals surface area contributed by atoms with Crippen molar-refractivity contribution in [3.63, 3.8) is 0 Å². The molecule has 3 aromatic carbocycles. The third-order valence-electron chi connectivity index (χ3n) is 6.31. The summed E-state index contributed by atoms with van der Waals surface area (Å²) in [6, 6.07) is 24.8. The van der Waals surface area contributed by atoms with Gasteiger partial charge < -0.3 is 29.0 Å². The molecule has 2 amide bonds. The molecule has 0 spiro atoms. The summed E-state index contributed by atoms with van der Waals surface area (Å²) >= 11 is 0. The molecule has 7 nitrogen and oxygen atoms in total. The Bertz CT molecular complexity index is 1350. The first-order valence-corrected chi connectivity index (χ1v) is 11.3. The van der Waals surface area contributed by atoms with Gasteiger partial charge in [-0.2, -0.15) is 0 Å². The van der Waals surface area contributed by atoms with Crippen molar-refractivity contribution >= 4 is 11.7 Å². The van der Waals surface area contributed by atoms with E-state index in [-0.39, 0.29) is 12.1 Å². The summed E-state index contributed by atoms with van der Waals surface area (Å²) in [5, 5.41) is 3.06. The van der Waals surface area contributed by atoms with Crippen LogP contribution in [0.5, 0.6) is 17.2 Å². The highest BCUT2D eigenvalue weighted by Crippen LogP contribution is 2.38. The Morgan fingerprint density at radius 1 is 0.857 bits per heavy atom. The second kappa shape index (κ2) is 9.46. The molecule has 1 atom stereocenters. The molecule has 2 heterocycles. The van der Waals surface area contributed by atoms with Gasteiger partial charge in [-0.1, -0.05) is 30.3 Å². The maximum atomic E-state index is 13.9. The number of amides is 2. The van der Waals surface area contributed by atoms with E-state index in [0.717, 1.165) is 28.3 Å². The lowest BCUT2D eigenvalue weighted by molar-refractivity contribution is 0.194. The first-order chi connectivity index (χ1) is 17.1. The molecule has 1 N–H and O–H groups in total. The molecule has 5 rings (SSSR count). The number of hydrogen-bond acceptors (Lipinski definition) is 4. The van der Waals surface area contributed by atoms with Gasteiger partial charge in [0, 0.05) is 18.0 Å². The molecule has 0 radical (unpaired) electrons. The van der Waals surface area contributed by atoms with Crippen molar-refractivity contribution < 1.29 is 19.0 Å². The van der Waals surface area contributed by atoms with Gasteiger partial charge in [0.2, 0.25) is 0 Å². The van der Waals surface area contributed by atoms with E-state index in [1.165, 1.54) is 0 Å². The fourth-order valence-electron chi connectivity index (χ4n) is 4.57. The Kier molecular flexibility index (Phi) is 6.06. The number of urea groups is 1. The van der Waals surface area contributed by atoms with Crippen LogP contribution in [0, 0.1) is 0 Å². The van der Waals surface area contributed by atoms with Crippen molar-refractivity contribution in [2.45, 2.75) is 12.6 Å². The zero-order valence-electron chi connectivity index (χ0n) is 19.9. The van der Waals surface area contributed by atoms with Gasteiger partial charge in [0.1, 0.15) is 17.2 Å². The van der Waals surface area contributed by atoms with Crippen LogP contribution in [-0.4, -0.2) is 36.8 Å². The van der Waals surface area contributed by atoms with Gasteiger partial charge in [-0.05, 0) is 53.6 Å². The average Bonchev–Trinajstić information content (AvgIpc) is 3.33. The second-order valence-corrected chi connectivity index (χ2v) is 8.23. The molecule has 35 heavy (non-hydrogen) atoms. The smallest absolute Gasteiger partial charge is 0.323 e. The normalized spacial score (nSPS) is 14.4. The van der Waals surface area contributed by atoms with Crippen LogP contribution in [-0.2, 0) is 6.54 Å². The number of para-hydroxylation sites is 1. The number of aromatic nitrogens is 1. The van der Waals surface area contributed by atoms with E-state index < -0.39 is 0 Å². The van der Waals surface area contributed by atoms with E-state index in [1.54, 1.807) is 39.5 Å². The minimum atomic E-state index is -0.326. The Morgan fingerprint density at radius 2 is 1.60 bits per heavy atom. The van der Waals surface area contributed by atoms with E-state index in [0.29, 0.717) is 23.7 Å². The summed E-state index contributed by atoms with van der Waals surface area (Å²) in [5.74, 6) is 1.94. The monoisotopic (exact) mass is 469 g/mol. The van der Waals surface area contributed by atoms with Crippen LogP contribution in [0.25, 0.3) is 5.69 Å².